The van der Waals surface area contributed by atoms with Crippen LogP contribution in [0.15, 0.2) is 66.7 Å². The average molecular weight is 417 g/mol. The number of carboxylic acids is 1. The van der Waals surface area contributed by atoms with E-state index in [2.05, 4.69) is 23.1 Å². The number of para-hydroxylation sites is 1. The number of hydrogen-bond acceptors (Lipinski definition) is 3. The molecule has 0 unspecified atom stereocenters. The molecule has 5 heteroatoms. The van der Waals surface area contributed by atoms with E-state index >= 15 is 0 Å². The highest BCUT2D eigenvalue weighted by atomic mass is 16.5. The van der Waals surface area contributed by atoms with E-state index in [1.807, 2.05) is 67.2 Å². The number of carboxylic acid groups (broad SMARTS) is 1. The molecule has 0 aliphatic rings. The number of nitrogens with zero attached hydrogens (tertiary/aromatic N) is 2. The van der Waals surface area contributed by atoms with Crippen LogP contribution in [-0.2, 0) is 13.0 Å². The zero-order valence-electron chi connectivity index (χ0n) is 18.0. The summed E-state index contributed by atoms with van der Waals surface area (Å²) in [6, 6.07) is 22.2. The SMILES string of the molecule is CN(C)CCn1c(C(=O)O)c(CCCOc2cccc3ccccc23)c2ccccc21. The van der Waals surface area contributed by atoms with E-state index in [0.29, 0.717) is 25.3 Å². The molecular formula is C26H28N2O3. The molecule has 1 N–H and O–H groups in total. The van der Waals surface area contributed by atoms with E-state index in [4.69, 9.17) is 4.74 Å². The van der Waals surface area contributed by atoms with Gasteiger partial charge in [0.15, 0.2) is 0 Å². The lowest BCUT2D eigenvalue weighted by molar-refractivity contribution is 0.0683. The number of fused-ring (bicyclic) bond motifs is 2. The summed E-state index contributed by atoms with van der Waals surface area (Å²) in [5, 5.41) is 13.3. The standard InChI is InChI=1S/C26H28N2O3/c1-27(2)16-17-28-23-14-6-5-12-21(23)22(25(28)26(29)30)13-8-18-31-24-15-7-10-19-9-3-4-11-20(19)24/h3-7,9-12,14-15H,8,13,16-18H2,1-2H3,(H,29,30). The third-order valence-electron chi connectivity index (χ3n) is 5.63. The molecule has 0 amide bonds. The van der Waals surface area contributed by atoms with Crippen LogP contribution >= 0.6 is 0 Å². The van der Waals surface area contributed by atoms with Crippen molar-refractivity contribution in [3.8, 4) is 5.75 Å². The fourth-order valence-corrected chi connectivity index (χ4v) is 4.16. The summed E-state index contributed by atoms with van der Waals surface area (Å²) in [5.41, 5.74) is 2.27. The topological polar surface area (TPSA) is 54.7 Å². The molecule has 0 saturated heterocycles. The monoisotopic (exact) mass is 416 g/mol. The highest BCUT2D eigenvalue weighted by molar-refractivity contribution is 5.98. The molecule has 160 valence electrons. The molecule has 0 spiro atoms. The van der Waals surface area contributed by atoms with Crippen molar-refractivity contribution in [2.45, 2.75) is 19.4 Å². The summed E-state index contributed by atoms with van der Waals surface area (Å²) in [6.45, 7) is 1.95. The molecule has 4 aromatic rings. The maximum atomic E-state index is 12.2. The van der Waals surface area contributed by atoms with Crippen molar-refractivity contribution in [2.75, 3.05) is 27.2 Å². The summed E-state index contributed by atoms with van der Waals surface area (Å²) in [5.74, 6) is -0.00935. The second-order valence-corrected chi connectivity index (χ2v) is 8.03. The molecule has 0 aliphatic heterocycles. The minimum Gasteiger partial charge on any atom is -0.493 e. The van der Waals surface area contributed by atoms with Gasteiger partial charge in [-0.1, -0.05) is 54.6 Å². The van der Waals surface area contributed by atoms with Crippen molar-refractivity contribution in [1.82, 2.24) is 9.47 Å². The number of ether oxygens (including phenoxy) is 1. The Bertz CT molecular complexity index is 1200. The zero-order chi connectivity index (χ0) is 21.8. The molecule has 0 fully saturated rings. The third kappa shape index (κ3) is 4.42. The average Bonchev–Trinajstić information content (AvgIpc) is 3.09. The van der Waals surface area contributed by atoms with Gasteiger partial charge in [0.1, 0.15) is 11.4 Å². The van der Waals surface area contributed by atoms with E-state index in [1.54, 1.807) is 0 Å². The lowest BCUT2D eigenvalue weighted by Crippen LogP contribution is -2.21. The van der Waals surface area contributed by atoms with Gasteiger partial charge in [-0.25, -0.2) is 4.79 Å². The van der Waals surface area contributed by atoms with Crippen molar-refractivity contribution in [3.63, 3.8) is 0 Å². The number of benzene rings is 3. The fraction of sp³-hybridized carbons (Fsp3) is 0.269. The maximum absolute atomic E-state index is 12.2. The molecule has 31 heavy (non-hydrogen) atoms. The molecule has 4 rings (SSSR count). The lowest BCUT2D eigenvalue weighted by atomic mass is 10.1. The number of aromatic nitrogens is 1. The van der Waals surface area contributed by atoms with Crippen molar-refractivity contribution in [1.29, 1.82) is 0 Å². The van der Waals surface area contributed by atoms with Gasteiger partial charge in [-0.15, -0.1) is 0 Å². The zero-order valence-corrected chi connectivity index (χ0v) is 18.0. The van der Waals surface area contributed by atoms with Crippen LogP contribution in [0.25, 0.3) is 21.7 Å². The number of aryl methyl sites for hydroxylation is 1. The predicted molar refractivity (Wildman–Crippen MR) is 125 cm³/mol. The molecule has 0 atom stereocenters. The summed E-state index contributed by atoms with van der Waals surface area (Å²) in [6.07, 6.45) is 1.40. The summed E-state index contributed by atoms with van der Waals surface area (Å²) in [7, 11) is 4.00. The Hall–Kier alpha value is -3.31. The maximum Gasteiger partial charge on any atom is 0.352 e. The molecular weight excluding hydrogens is 388 g/mol. The van der Waals surface area contributed by atoms with Crippen molar-refractivity contribution >= 4 is 27.6 Å². The van der Waals surface area contributed by atoms with Gasteiger partial charge in [-0.2, -0.15) is 0 Å². The normalized spacial score (nSPS) is 11.5. The Labute approximate surface area is 182 Å². The fourth-order valence-electron chi connectivity index (χ4n) is 4.16. The van der Waals surface area contributed by atoms with E-state index < -0.39 is 5.97 Å². The van der Waals surface area contributed by atoms with Gasteiger partial charge in [0.05, 0.1) is 6.61 Å². The van der Waals surface area contributed by atoms with Gasteiger partial charge in [0.25, 0.3) is 0 Å². The van der Waals surface area contributed by atoms with Gasteiger partial charge in [-0.3, -0.25) is 0 Å². The Morgan fingerprint density at radius 3 is 2.45 bits per heavy atom. The number of aromatic carboxylic acids is 1. The van der Waals surface area contributed by atoms with Gasteiger partial charge in [-0.05, 0) is 50.0 Å². The molecule has 0 bridgehead atoms. The van der Waals surface area contributed by atoms with Crippen LogP contribution in [0.1, 0.15) is 22.5 Å². The van der Waals surface area contributed by atoms with Crippen LogP contribution in [0, 0.1) is 0 Å². The van der Waals surface area contributed by atoms with E-state index in [1.165, 1.54) is 0 Å². The number of hydrogen-bond donors (Lipinski definition) is 1. The largest absolute Gasteiger partial charge is 0.493 e. The number of likely N-dealkylation sites (N-methyl/N-ethyl adjacent to an activating group) is 1. The summed E-state index contributed by atoms with van der Waals surface area (Å²) in [4.78, 5) is 14.3. The lowest BCUT2D eigenvalue weighted by Gasteiger charge is -2.13. The third-order valence-corrected chi connectivity index (χ3v) is 5.63. The minimum absolute atomic E-state index is 0.396. The second kappa shape index (κ2) is 9.23. The predicted octanol–water partition coefficient (Wildman–Crippen LogP) is 5.07. The van der Waals surface area contributed by atoms with E-state index in [-0.39, 0.29) is 0 Å². The Morgan fingerprint density at radius 2 is 1.68 bits per heavy atom. The van der Waals surface area contributed by atoms with Gasteiger partial charge < -0.3 is 19.3 Å². The first-order valence-corrected chi connectivity index (χ1v) is 10.6. The Morgan fingerprint density at radius 1 is 0.968 bits per heavy atom. The highest BCUT2D eigenvalue weighted by Gasteiger charge is 2.21. The Balaban J connectivity index is 1.55. The van der Waals surface area contributed by atoms with E-state index in [0.717, 1.165) is 46.0 Å². The van der Waals surface area contributed by atoms with Gasteiger partial charge in [0.2, 0.25) is 0 Å². The summed E-state index contributed by atoms with van der Waals surface area (Å²) >= 11 is 0. The first-order chi connectivity index (χ1) is 15.1. The minimum atomic E-state index is -0.875. The van der Waals surface area contributed by atoms with Gasteiger partial charge in [0, 0.05) is 29.4 Å². The van der Waals surface area contributed by atoms with Crippen LogP contribution in [-0.4, -0.2) is 47.8 Å². The second-order valence-electron chi connectivity index (χ2n) is 8.03. The molecule has 5 nitrogen and oxygen atoms in total. The number of rotatable bonds is 9. The molecule has 0 aliphatic carbocycles. The molecule has 1 heterocycles. The van der Waals surface area contributed by atoms with Crippen molar-refractivity contribution < 1.29 is 14.6 Å². The summed E-state index contributed by atoms with van der Waals surface area (Å²) < 4.78 is 8.02. The van der Waals surface area contributed by atoms with Crippen LogP contribution < -0.4 is 4.74 Å². The first-order valence-electron chi connectivity index (χ1n) is 10.6. The van der Waals surface area contributed by atoms with Crippen molar-refractivity contribution in [2.24, 2.45) is 0 Å². The van der Waals surface area contributed by atoms with Crippen LogP contribution in [0.3, 0.4) is 0 Å². The molecule has 1 aromatic heterocycles. The number of carbonyl (C=O) groups is 1. The van der Waals surface area contributed by atoms with Crippen LogP contribution in [0.5, 0.6) is 5.75 Å². The molecule has 0 radical (unpaired) electrons. The molecule has 0 saturated carbocycles. The quantitative estimate of drug-likeness (QED) is 0.387. The van der Waals surface area contributed by atoms with Crippen LogP contribution in [0.4, 0.5) is 0 Å². The van der Waals surface area contributed by atoms with Gasteiger partial charge >= 0.3 is 5.97 Å². The first kappa shape index (κ1) is 20.9. The molecule has 3 aromatic carbocycles. The smallest absolute Gasteiger partial charge is 0.352 e. The Kier molecular flexibility index (Phi) is 6.23. The highest BCUT2D eigenvalue weighted by Crippen LogP contribution is 2.29. The van der Waals surface area contributed by atoms with Crippen molar-refractivity contribution in [3.05, 3.63) is 78.0 Å². The van der Waals surface area contributed by atoms with E-state index in [9.17, 15) is 9.90 Å². The van der Waals surface area contributed by atoms with Crippen LogP contribution in [0.2, 0.25) is 0 Å².